The van der Waals surface area contributed by atoms with Crippen LogP contribution in [-0.4, -0.2) is 45.9 Å². The molecule has 2 bridgehead atoms. The van der Waals surface area contributed by atoms with Gasteiger partial charge < -0.3 is 15.4 Å². The molecule has 0 saturated carbocycles. The van der Waals surface area contributed by atoms with Gasteiger partial charge in [0.25, 0.3) is 0 Å². The van der Waals surface area contributed by atoms with Gasteiger partial charge in [-0.3, -0.25) is 9.58 Å². The Bertz CT molecular complexity index is 1140. The molecule has 0 spiro atoms. The van der Waals surface area contributed by atoms with Crippen LogP contribution in [-0.2, 0) is 7.05 Å². The van der Waals surface area contributed by atoms with Crippen molar-refractivity contribution in [3.63, 3.8) is 0 Å². The lowest BCUT2D eigenvalue weighted by molar-refractivity contribution is 0.194. The predicted octanol–water partition coefficient (Wildman–Crippen LogP) is 5.74. The van der Waals surface area contributed by atoms with Crippen molar-refractivity contribution >= 4 is 27.6 Å². The van der Waals surface area contributed by atoms with Gasteiger partial charge in [-0.2, -0.15) is 5.10 Å². The Kier molecular flexibility index (Phi) is 7.11. The number of amides is 2. The Balaban J connectivity index is 1.30. The summed E-state index contributed by atoms with van der Waals surface area (Å²) in [6, 6.07) is 16.8. The summed E-state index contributed by atoms with van der Waals surface area (Å²) in [5, 5.41) is 10.4. The number of nitrogens with zero attached hydrogens (tertiary/aromatic N) is 3. The molecule has 2 aliphatic rings. The molecule has 7 nitrogen and oxygen atoms in total. The van der Waals surface area contributed by atoms with Gasteiger partial charge in [-0.25, -0.2) is 4.79 Å². The number of benzene rings is 2. The minimum atomic E-state index is -0.255. The van der Waals surface area contributed by atoms with E-state index in [4.69, 9.17) is 4.74 Å². The van der Waals surface area contributed by atoms with Crippen LogP contribution in [0.1, 0.15) is 44.2 Å². The molecule has 2 fully saturated rings. The molecular weight excluding hydrogens is 506 g/mol. The molecule has 2 aromatic carbocycles. The van der Waals surface area contributed by atoms with Crippen molar-refractivity contribution in [3.05, 3.63) is 64.8 Å². The number of ether oxygens (including phenoxy) is 1. The van der Waals surface area contributed by atoms with Crippen LogP contribution in [0.3, 0.4) is 0 Å². The third-order valence-electron chi connectivity index (χ3n) is 7.25. The van der Waals surface area contributed by atoms with Crippen LogP contribution in [0.5, 0.6) is 5.75 Å². The van der Waals surface area contributed by atoms with E-state index >= 15 is 0 Å². The molecule has 2 amide bonds. The standard InChI is InChI=1S/C27H32BrN5O2/c1-18(19-6-4-3-5-7-19)30-27(34)31-20-8-13-25(23(16-20)26-24(28)17-29-32(26)2)35-15-14-33-21-9-10-22(33)12-11-21/h3-8,13,16-18,21-22H,9-12,14-15H2,1-2H3,(H2,30,31,34). The van der Waals surface area contributed by atoms with Crippen molar-refractivity contribution in [2.75, 3.05) is 18.5 Å². The number of hydrogen-bond donors (Lipinski definition) is 2. The lowest BCUT2D eigenvalue weighted by Crippen LogP contribution is -2.32. The van der Waals surface area contributed by atoms with Gasteiger partial charge in [0.2, 0.25) is 0 Å². The highest BCUT2D eigenvalue weighted by Gasteiger charge is 2.38. The summed E-state index contributed by atoms with van der Waals surface area (Å²) in [6.45, 7) is 3.55. The number of anilines is 1. The molecule has 3 heterocycles. The first-order valence-electron chi connectivity index (χ1n) is 12.3. The van der Waals surface area contributed by atoms with Gasteiger partial charge in [0.1, 0.15) is 12.4 Å². The second-order valence-corrected chi connectivity index (χ2v) is 10.3. The van der Waals surface area contributed by atoms with Crippen molar-refractivity contribution < 1.29 is 9.53 Å². The third-order valence-corrected chi connectivity index (χ3v) is 7.83. The van der Waals surface area contributed by atoms with E-state index in [9.17, 15) is 4.79 Å². The third kappa shape index (κ3) is 5.23. The van der Waals surface area contributed by atoms with Crippen LogP contribution < -0.4 is 15.4 Å². The first-order valence-corrected chi connectivity index (χ1v) is 13.1. The van der Waals surface area contributed by atoms with E-state index in [1.807, 2.05) is 67.2 Å². The number of halogens is 1. The maximum absolute atomic E-state index is 12.7. The summed E-state index contributed by atoms with van der Waals surface area (Å²) < 4.78 is 9.00. The fourth-order valence-electron chi connectivity index (χ4n) is 5.47. The van der Waals surface area contributed by atoms with Gasteiger partial charge in [0, 0.05) is 36.9 Å². The number of rotatable bonds is 8. The number of nitrogens with one attached hydrogen (secondary N) is 2. The summed E-state index contributed by atoms with van der Waals surface area (Å²) in [4.78, 5) is 15.3. The van der Waals surface area contributed by atoms with Crippen molar-refractivity contribution in [1.82, 2.24) is 20.0 Å². The smallest absolute Gasteiger partial charge is 0.319 e. The molecule has 3 aromatic rings. The minimum Gasteiger partial charge on any atom is -0.492 e. The molecule has 2 aliphatic heterocycles. The second kappa shape index (κ2) is 10.4. The average Bonchev–Trinajstić information content (AvgIpc) is 3.54. The summed E-state index contributed by atoms with van der Waals surface area (Å²) in [6.07, 6.45) is 7.06. The fraction of sp³-hybridized carbons (Fsp3) is 0.407. The van der Waals surface area contributed by atoms with Gasteiger partial charge in [-0.1, -0.05) is 30.3 Å². The maximum atomic E-state index is 12.7. The number of aryl methyl sites for hydroxylation is 1. The molecule has 1 aromatic heterocycles. The highest BCUT2D eigenvalue weighted by Crippen LogP contribution is 2.38. The molecule has 2 N–H and O–H groups in total. The molecule has 8 heteroatoms. The first-order chi connectivity index (χ1) is 17.0. The monoisotopic (exact) mass is 537 g/mol. The zero-order chi connectivity index (χ0) is 24.4. The van der Waals surface area contributed by atoms with Crippen LogP contribution in [0.15, 0.2) is 59.2 Å². The van der Waals surface area contributed by atoms with Crippen molar-refractivity contribution in [2.45, 2.75) is 50.7 Å². The highest BCUT2D eigenvalue weighted by atomic mass is 79.9. The van der Waals surface area contributed by atoms with Crippen molar-refractivity contribution in [3.8, 4) is 17.0 Å². The quantitative estimate of drug-likeness (QED) is 0.384. The Morgan fingerprint density at radius 1 is 1.14 bits per heavy atom. The van der Waals surface area contributed by atoms with Crippen LogP contribution in [0.25, 0.3) is 11.3 Å². The predicted molar refractivity (Wildman–Crippen MR) is 142 cm³/mol. The van der Waals surface area contributed by atoms with Crippen molar-refractivity contribution in [2.24, 2.45) is 7.05 Å². The zero-order valence-corrected chi connectivity index (χ0v) is 21.8. The molecule has 0 aliphatic carbocycles. The topological polar surface area (TPSA) is 71.4 Å². The molecule has 1 unspecified atom stereocenters. The van der Waals surface area contributed by atoms with Gasteiger partial charge in [0.15, 0.2) is 0 Å². The summed E-state index contributed by atoms with van der Waals surface area (Å²) in [5.74, 6) is 0.782. The summed E-state index contributed by atoms with van der Waals surface area (Å²) in [7, 11) is 1.90. The van der Waals surface area contributed by atoms with E-state index in [-0.39, 0.29) is 12.1 Å². The first kappa shape index (κ1) is 23.9. The van der Waals surface area contributed by atoms with Crippen LogP contribution in [0.2, 0.25) is 0 Å². The molecule has 184 valence electrons. The summed E-state index contributed by atoms with van der Waals surface area (Å²) >= 11 is 3.62. The Hall–Kier alpha value is -2.84. The molecule has 2 saturated heterocycles. The molecule has 5 rings (SSSR count). The van der Waals surface area contributed by atoms with Crippen LogP contribution >= 0.6 is 15.9 Å². The largest absolute Gasteiger partial charge is 0.492 e. The second-order valence-electron chi connectivity index (χ2n) is 9.46. The Morgan fingerprint density at radius 2 is 1.86 bits per heavy atom. The molecule has 0 radical (unpaired) electrons. The fourth-order valence-corrected chi connectivity index (χ4v) is 6.03. The average molecular weight is 538 g/mol. The zero-order valence-electron chi connectivity index (χ0n) is 20.2. The Labute approximate surface area is 215 Å². The van der Waals surface area contributed by atoms with E-state index in [0.29, 0.717) is 12.3 Å². The van der Waals surface area contributed by atoms with Gasteiger partial charge >= 0.3 is 6.03 Å². The molecular formula is C27H32BrN5O2. The SMILES string of the molecule is CC(NC(=O)Nc1ccc(OCCN2C3CCC2CC3)c(-c2c(Br)cnn2C)c1)c1ccccc1. The number of hydrogen-bond acceptors (Lipinski definition) is 4. The van der Waals surface area contributed by atoms with Crippen LogP contribution in [0, 0.1) is 0 Å². The van der Waals surface area contributed by atoms with E-state index in [1.165, 1.54) is 25.7 Å². The number of carbonyl (C=O) groups is 1. The van der Waals surface area contributed by atoms with E-state index in [1.54, 1.807) is 6.20 Å². The van der Waals surface area contributed by atoms with Crippen LogP contribution in [0.4, 0.5) is 10.5 Å². The highest BCUT2D eigenvalue weighted by molar-refractivity contribution is 9.10. The minimum absolute atomic E-state index is 0.106. The normalized spacial score (nSPS) is 20.1. The van der Waals surface area contributed by atoms with E-state index < -0.39 is 0 Å². The van der Waals surface area contributed by atoms with Gasteiger partial charge in [-0.05, 0) is 72.3 Å². The number of carbonyl (C=O) groups excluding carboxylic acids is 1. The molecule has 1 atom stereocenters. The Morgan fingerprint density at radius 3 is 2.51 bits per heavy atom. The number of urea groups is 1. The summed E-state index contributed by atoms with van der Waals surface area (Å²) in [5.41, 5.74) is 3.53. The van der Waals surface area contributed by atoms with Gasteiger partial charge in [-0.15, -0.1) is 0 Å². The van der Waals surface area contributed by atoms with Crippen molar-refractivity contribution in [1.29, 1.82) is 0 Å². The number of aromatic nitrogens is 2. The van der Waals surface area contributed by atoms with E-state index in [0.717, 1.165) is 45.7 Å². The van der Waals surface area contributed by atoms with Gasteiger partial charge in [0.05, 0.1) is 22.4 Å². The lowest BCUT2D eigenvalue weighted by atomic mass is 10.0. The lowest BCUT2D eigenvalue weighted by Gasteiger charge is -2.22. The number of fused-ring (bicyclic) bond motifs is 2. The van der Waals surface area contributed by atoms with E-state index in [2.05, 4.69) is 36.6 Å². The molecule has 35 heavy (non-hydrogen) atoms. The maximum Gasteiger partial charge on any atom is 0.319 e.